The highest BCUT2D eigenvalue weighted by Gasteiger charge is 2.23. The van der Waals surface area contributed by atoms with E-state index in [-0.39, 0.29) is 23.8 Å². The number of anilines is 1. The molecule has 112 valence electrons. The summed E-state index contributed by atoms with van der Waals surface area (Å²) in [6.07, 6.45) is 1.81. The maximum atomic E-state index is 12.2. The van der Waals surface area contributed by atoms with Crippen LogP contribution in [-0.2, 0) is 16.0 Å². The van der Waals surface area contributed by atoms with Gasteiger partial charge in [0.05, 0.1) is 5.56 Å². The lowest BCUT2D eigenvalue weighted by Crippen LogP contribution is -2.37. The van der Waals surface area contributed by atoms with E-state index in [1.165, 1.54) is 13.0 Å². The van der Waals surface area contributed by atoms with Gasteiger partial charge in [-0.15, -0.1) is 0 Å². The summed E-state index contributed by atoms with van der Waals surface area (Å²) in [6.45, 7) is 2.35. The fraction of sp³-hybridized carbons (Fsp3) is 0.400. The highest BCUT2D eigenvalue weighted by atomic mass is 16.4. The van der Waals surface area contributed by atoms with Crippen molar-refractivity contribution in [3.8, 4) is 0 Å². The Labute approximate surface area is 122 Å². The fourth-order valence-corrected chi connectivity index (χ4v) is 2.47. The topological polar surface area (TPSA) is 86.7 Å². The second-order valence-electron chi connectivity index (χ2n) is 5.03. The summed E-state index contributed by atoms with van der Waals surface area (Å²) < 4.78 is 0. The highest BCUT2D eigenvalue weighted by Crippen LogP contribution is 2.28. The molecule has 0 aliphatic carbocycles. The van der Waals surface area contributed by atoms with Gasteiger partial charge in [0.25, 0.3) is 0 Å². The number of aromatic carboxylic acids is 1. The van der Waals surface area contributed by atoms with Gasteiger partial charge in [-0.3, -0.25) is 9.59 Å². The van der Waals surface area contributed by atoms with Crippen LogP contribution < -0.4 is 10.2 Å². The van der Waals surface area contributed by atoms with E-state index in [4.69, 9.17) is 5.11 Å². The maximum Gasteiger partial charge on any atom is 0.335 e. The van der Waals surface area contributed by atoms with Crippen molar-refractivity contribution in [2.75, 3.05) is 18.0 Å². The molecular weight excluding hydrogens is 272 g/mol. The van der Waals surface area contributed by atoms with Crippen LogP contribution in [0.2, 0.25) is 0 Å². The van der Waals surface area contributed by atoms with E-state index in [1.807, 2.05) is 0 Å². The van der Waals surface area contributed by atoms with Crippen molar-refractivity contribution in [2.24, 2.45) is 0 Å². The first-order valence-electron chi connectivity index (χ1n) is 6.90. The third kappa shape index (κ3) is 3.59. The number of fused-ring (bicyclic) bond motifs is 1. The molecule has 1 aromatic rings. The van der Waals surface area contributed by atoms with Gasteiger partial charge in [0.2, 0.25) is 11.8 Å². The van der Waals surface area contributed by atoms with Gasteiger partial charge in [-0.2, -0.15) is 0 Å². The quantitative estimate of drug-likeness (QED) is 0.872. The molecule has 0 unspecified atom stereocenters. The van der Waals surface area contributed by atoms with Gasteiger partial charge in [0, 0.05) is 32.1 Å². The number of aryl methyl sites for hydroxylation is 1. The molecule has 2 amide bonds. The molecule has 0 saturated heterocycles. The lowest BCUT2D eigenvalue weighted by atomic mass is 9.99. The zero-order valence-corrected chi connectivity index (χ0v) is 11.9. The zero-order valence-electron chi connectivity index (χ0n) is 11.9. The van der Waals surface area contributed by atoms with Crippen LogP contribution in [0.1, 0.15) is 35.7 Å². The number of nitrogens with one attached hydrogen (secondary N) is 1. The predicted octanol–water partition coefficient (Wildman–Crippen LogP) is 1.19. The van der Waals surface area contributed by atoms with Crippen molar-refractivity contribution < 1.29 is 19.5 Å². The first-order chi connectivity index (χ1) is 9.99. The lowest BCUT2D eigenvalue weighted by Gasteiger charge is -2.29. The number of carboxylic acid groups (broad SMARTS) is 1. The zero-order chi connectivity index (χ0) is 15.4. The number of hydrogen-bond donors (Lipinski definition) is 2. The van der Waals surface area contributed by atoms with Gasteiger partial charge >= 0.3 is 5.97 Å². The smallest absolute Gasteiger partial charge is 0.335 e. The number of benzene rings is 1. The standard InChI is InChI=1S/C15H18N2O4/c1-10(18)16-7-6-14(19)17-8-2-3-11-9-12(15(20)21)4-5-13(11)17/h4-5,9H,2-3,6-8H2,1H3,(H,16,18)(H,20,21). The predicted molar refractivity (Wildman–Crippen MR) is 77.4 cm³/mol. The van der Waals surface area contributed by atoms with Crippen LogP contribution in [0.25, 0.3) is 0 Å². The summed E-state index contributed by atoms with van der Waals surface area (Å²) in [6, 6.07) is 4.83. The molecule has 0 spiro atoms. The molecule has 1 heterocycles. The monoisotopic (exact) mass is 290 g/mol. The normalized spacial score (nSPS) is 13.5. The number of amides is 2. The average molecular weight is 290 g/mol. The Bertz CT molecular complexity index is 583. The number of carboxylic acids is 1. The molecule has 1 aliphatic heterocycles. The first-order valence-corrected chi connectivity index (χ1v) is 6.90. The van der Waals surface area contributed by atoms with Crippen LogP contribution in [-0.4, -0.2) is 36.0 Å². The van der Waals surface area contributed by atoms with E-state index >= 15 is 0 Å². The molecule has 2 N–H and O–H groups in total. The molecule has 6 nitrogen and oxygen atoms in total. The molecule has 0 bridgehead atoms. The third-order valence-corrected chi connectivity index (χ3v) is 3.46. The van der Waals surface area contributed by atoms with Crippen molar-refractivity contribution >= 4 is 23.5 Å². The van der Waals surface area contributed by atoms with Gasteiger partial charge in [-0.25, -0.2) is 4.79 Å². The Hall–Kier alpha value is -2.37. The Balaban J connectivity index is 2.12. The molecule has 0 fully saturated rings. The van der Waals surface area contributed by atoms with Crippen LogP contribution in [0.5, 0.6) is 0 Å². The Morgan fingerprint density at radius 3 is 2.76 bits per heavy atom. The largest absolute Gasteiger partial charge is 0.478 e. The molecule has 0 atom stereocenters. The van der Waals surface area contributed by atoms with Crippen LogP contribution in [0, 0.1) is 0 Å². The molecule has 0 radical (unpaired) electrons. The van der Waals surface area contributed by atoms with E-state index in [0.29, 0.717) is 13.1 Å². The van der Waals surface area contributed by atoms with E-state index in [1.54, 1.807) is 17.0 Å². The average Bonchev–Trinajstić information content (AvgIpc) is 2.45. The van der Waals surface area contributed by atoms with Crippen molar-refractivity contribution in [3.05, 3.63) is 29.3 Å². The SMILES string of the molecule is CC(=O)NCCC(=O)N1CCCc2cc(C(=O)O)ccc21. The van der Waals surface area contributed by atoms with Gasteiger partial charge in [0.15, 0.2) is 0 Å². The molecule has 1 aromatic carbocycles. The number of nitrogens with zero attached hydrogens (tertiary/aromatic N) is 1. The van der Waals surface area contributed by atoms with E-state index in [2.05, 4.69) is 5.32 Å². The second kappa shape index (κ2) is 6.39. The minimum Gasteiger partial charge on any atom is -0.478 e. The number of carbonyl (C=O) groups excluding carboxylic acids is 2. The van der Waals surface area contributed by atoms with Crippen molar-refractivity contribution in [1.82, 2.24) is 5.32 Å². The second-order valence-corrected chi connectivity index (χ2v) is 5.03. The van der Waals surface area contributed by atoms with Crippen LogP contribution in [0.3, 0.4) is 0 Å². The van der Waals surface area contributed by atoms with E-state index in [9.17, 15) is 14.4 Å². The summed E-state index contributed by atoms with van der Waals surface area (Å²) in [5, 5.41) is 11.6. The minimum atomic E-state index is -0.966. The molecule has 6 heteroatoms. The molecular formula is C15H18N2O4. The lowest BCUT2D eigenvalue weighted by molar-refractivity contribution is -0.120. The van der Waals surface area contributed by atoms with Crippen LogP contribution in [0.4, 0.5) is 5.69 Å². The number of rotatable bonds is 4. The molecule has 0 saturated carbocycles. The molecule has 2 rings (SSSR count). The maximum absolute atomic E-state index is 12.2. The Morgan fingerprint density at radius 1 is 1.33 bits per heavy atom. The van der Waals surface area contributed by atoms with E-state index < -0.39 is 5.97 Å². The Morgan fingerprint density at radius 2 is 2.10 bits per heavy atom. The van der Waals surface area contributed by atoms with Crippen molar-refractivity contribution in [1.29, 1.82) is 0 Å². The van der Waals surface area contributed by atoms with Gasteiger partial charge in [0.1, 0.15) is 0 Å². The van der Waals surface area contributed by atoms with Crippen molar-refractivity contribution in [2.45, 2.75) is 26.2 Å². The van der Waals surface area contributed by atoms with Gasteiger partial charge in [-0.05, 0) is 36.6 Å². The van der Waals surface area contributed by atoms with Gasteiger partial charge in [-0.1, -0.05) is 0 Å². The molecule has 0 aromatic heterocycles. The van der Waals surface area contributed by atoms with Crippen LogP contribution in [0.15, 0.2) is 18.2 Å². The highest BCUT2D eigenvalue weighted by molar-refractivity contribution is 5.96. The minimum absolute atomic E-state index is 0.0622. The third-order valence-electron chi connectivity index (χ3n) is 3.46. The summed E-state index contributed by atoms with van der Waals surface area (Å²) in [4.78, 5) is 35.7. The van der Waals surface area contributed by atoms with Gasteiger partial charge < -0.3 is 15.3 Å². The number of hydrogen-bond acceptors (Lipinski definition) is 3. The summed E-state index contributed by atoms with van der Waals surface area (Å²) in [7, 11) is 0. The molecule has 1 aliphatic rings. The van der Waals surface area contributed by atoms with E-state index in [0.717, 1.165) is 24.1 Å². The van der Waals surface area contributed by atoms with Crippen molar-refractivity contribution in [3.63, 3.8) is 0 Å². The summed E-state index contributed by atoms with van der Waals surface area (Å²) in [5.74, 6) is -1.19. The number of carbonyl (C=O) groups is 3. The summed E-state index contributed by atoms with van der Waals surface area (Å²) >= 11 is 0. The first kappa shape index (κ1) is 15.0. The van der Waals surface area contributed by atoms with Crippen LogP contribution >= 0.6 is 0 Å². The molecule has 21 heavy (non-hydrogen) atoms. The Kier molecular flexibility index (Phi) is 4.57. The fourth-order valence-electron chi connectivity index (χ4n) is 2.47. The summed E-state index contributed by atoms with van der Waals surface area (Å²) in [5.41, 5.74) is 1.90.